The Hall–Kier alpha value is -4.37. The Morgan fingerprint density at radius 2 is 1.26 bits per heavy atom. The Balaban J connectivity index is 1.36. The van der Waals surface area contributed by atoms with E-state index in [1.54, 1.807) is 84.9 Å². The minimum atomic E-state index is -3.71. The largest absolute Gasteiger partial charge is 0.459 e. The van der Waals surface area contributed by atoms with E-state index in [9.17, 15) is 18.0 Å². The molecule has 8 nitrogen and oxygen atoms in total. The molecule has 0 aliphatic rings. The monoisotopic (exact) mass is 475 g/mol. The van der Waals surface area contributed by atoms with Crippen molar-refractivity contribution in [1.29, 1.82) is 0 Å². The van der Waals surface area contributed by atoms with Crippen molar-refractivity contribution in [2.24, 2.45) is 0 Å². The van der Waals surface area contributed by atoms with Crippen LogP contribution in [0.3, 0.4) is 0 Å². The van der Waals surface area contributed by atoms with Gasteiger partial charge in [-0.15, -0.1) is 0 Å². The van der Waals surface area contributed by atoms with Gasteiger partial charge in [0.15, 0.2) is 5.76 Å². The highest BCUT2D eigenvalue weighted by Crippen LogP contribution is 2.20. The molecule has 1 heterocycles. The molecule has 0 aliphatic carbocycles. The van der Waals surface area contributed by atoms with Gasteiger partial charge in [0.05, 0.1) is 11.2 Å². The number of aryl methyl sites for hydroxylation is 1. The van der Waals surface area contributed by atoms with Crippen LogP contribution < -0.4 is 15.4 Å². The Bertz CT molecular complexity index is 1400. The molecular formula is C25H21N3O5S. The number of hydrogen-bond acceptors (Lipinski definition) is 5. The number of furan rings is 1. The first-order valence-electron chi connectivity index (χ1n) is 10.3. The molecule has 9 heteroatoms. The molecule has 0 fully saturated rings. The lowest BCUT2D eigenvalue weighted by Gasteiger charge is -2.10. The summed E-state index contributed by atoms with van der Waals surface area (Å²) in [7, 11) is -3.71. The highest BCUT2D eigenvalue weighted by Gasteiger charge is 2.14. The maximum atomic E-state index is 12.5. The van der Waals surface area contributed by atoms with Gasteiger partial charge in [-0.2, -0.15) is 0 Å². The Morgan fingerprint density at radius 1 is 0.706 bits per heavy atom. The first-order chi connectivity index (χ1) is 16.3. The number of amides is 2. The average Bonchev–Trinajstić information content (AvgIpc) is 3.36. The van der Waals surface area contributed by atoms with Crippen molar-refractivity contribution in [2.75, 3.05) is 15.4 Å². The molecule has 172 valence electrons. The average molecular weight is 476 g/mol. The Labute approximate surface area is 196 Å². The molecule has 0 saturated carbocycles. The lowest BCUT2D eigenvalue weighted by atomic mass is 10.2. The minimum Gasteiger partial charge on any atom is -0.459 e. The summed E-state index contributed by atoms with van der Waals surface area (Å²) in [4.78, 5) is 24.7. The third-order valence-corrected chi connectivity index (χ3v) is 6.27. The fourth-order valence-corrected chi connectivity index (χ4v) is 4.12. The van der Waals surface area contributed by atoms with Crippen LogP contribution in [0, 0.1) is 6.92 Å². The summed E-state index contributed by atoms with van der Waals surface area (Å²) >= 11 is 0. The molecule has 34 heavy (non-hydrogen) atoms. The zero-order valence-corrected chi connectivity index (χ0v) is 18.9. The number of sulfonamides is 1. The summed E-state index contributed by atoms with van der Waals surface area (Å²) in [6.45, 7) is 1.88. The van der Waals surface area contributed by atoms with Crippen LogP contribution in [0.15, 0.2) is 101 Å². The first-order valence-corrected chi connectivity index (χ1v) is 11.7. The van der Waals surface area contributed by atoms with Crippen molar-refractivity contribution in [2.45, 2.75) is 11.8 Å². The van der Waals surface area contributed by atoms with Gasteiger partial charge < -0.3 is 15.1 Å². The quantitative estimate of drug-likeness (QED) is 0.352. The van der Waals surface area contributed by atoms with E-state index in [-0.39, 0.29) is 22.5 Å². The van der Waals surface area contributed by atoms with Crippen molar-refractivity contribution in [3.8, 4) is 0 Å². The van der Waals surface area contributed by atoms with Crippen molar-refractivity contribution < 1.29 is 22.4 Å². The standard InChI is InChI=1S/C25H21N3O5S/c1-17-4-14-22(15-5-17)34(31,32)28-21-12-10-20(11-13-21)26-24(29)18-6-8-19(9-7-18)27-25(30)23-3-2-16-33-23/h2-16,28H,1H3,(H,26,29)(H,27,30). The van der Waals surface area contributed by atoms with Crippen molar-refractivity contribution in [1.82, 2.24) is 0 Å². The van der Waals surface area contributed by atoms with Gasteiger partial charge >= 0.3 is 0 Å². The number of hydrogen-bond donors (Lipinski definition) is 3. The lowest BCUT2D eigenvalue weighted by Crippen LogP contribution is -2.14. The minimum absolute atomic E-state index is 0.166. The van der Waals surface area contributed by atoms with E-state index in [4.69, 9.17) is 4.42 Å². The van der Waals surface area contributed by atoms with Gasteiger partial charge in [0.25, 0.3) is 21.8 Å². The van der Waals surface area contributed by atoms with Gasteiger partial charge in [-0.05, 0) is 79.7 Å². The van der Waals surface area contributed by atoms with Crippen LogP contribution >= 0.6 is 0 Å². The summed E-state index contributed by atoms with van der Waals surface area (Å²) in [5, 5.41) is 5.43. The third kappa shape index (κ3) is 5.51. The predicted molar refractivity (Wildman–Crippen MR) is 129 cm³/mol. The second-order valence-corrected chi connectivity index (χ2v) is 9.14. The molecule has 0 bridgehead atoms. The molecule has 0 saturated heterocycles. The number of nitrogens with one attached hydrogen (secondary N) is 3. The van der Waals surface area contributed by atoms with Crippen LogP contribution in [0.2, 0.25) is 0 Å². The van der Waals surface area contributed by atoms with E-state index in [1.807, 2.05) is 6.92 Å². The van der Waals surface area contributed by atoms with Crippen molar-refractivity contribution in [3.63, 3.8) is 0 Å². The van der Waals surface area contributed by atoms with E-state index in [0.29, 0.717) is 22.6 Å². The van der Waals surface area contributed by atoms with E-state index in [2.05, 4.69) is 15.4 Å². The topological polar surface area (TPSA) is 118 Å². The van der Waals surface area contributed by atoms with Gasteiger partial charge in [-0.3, -0.25) is 14.3 Å². The second-order valence-electron chi connectivity index (χ2n) is 7.46. The lowest BCUT2D eigenvalue weighted by molar-refractivity contribution is 0.0995. The molecule has 0 aliphatic heterocycles. The molecule has 0 spiro atoms. The van der Waals surface area contributed by atoms with Gasteiger partial charge in [0, 0.05) is 22.6 Å². The molecule has 3 aromatic carbocycles. The van der Waals surface area contributed by atoms with Crippen LogP contribution in [0.4, 0.5) is 17.1 Å². The molecule has 3 N–H and O–H groups in total. The maximum absolute atomic E-state index is 12.5. The van der Waals surface area contributed by atoms with Gasteiger partial charge in [-0.25, -0.2) is 8.42 Å². The van der Waals surface area contributed by atoms with Crippen LogP contribution in [0.1, 0.15) is 26.5 Å². The Kier molecular flexibility index (Phi) is 6.46. The molecule has 4 rings (SSSR count). The molecule has 0 atom stereocenters. The first kappa shape index (κ1) is 22.8. The SMILES string of the molecule is Cc1ccc(S(=O)(=O)Nc2ccc(NC(=O)c3ccc(NC(=O)c4ccco4)cc3)cc2)cc1. The molecule has 0 unspecified atom stereocenters. The van der Waals surface area contributed by atoms with Gasteiger partial charge in [-0.1, -0.05) is 17.7 Å². The summed E-state index contributed by atoms with van der Waals surface area (Å²) < 4.78 is 32.6. The number of carbonyl (C=O) groups is 2. The third-order valence-electron chi connectivity index (χ3n) is 4.88. The highest BCUT2D eigenvalue weighted by molar-refractivity contribution is 7.92. The van der Waals surface area contributed by atoms with Gasteiger partial charge in [0.2, 0.25) is 0 Å². The number of anilines is 3. The van der Waals surface area contributed by atoms with E-state index in [0.717, 1.165) is 5.56 Å². The fourth-order valence-electron chi connectivity index (χ4n) is 3.06. The van der Waals surface area contributed by atoms with E-state index < -0.39 is 10.0 Å². The van der Waals surface area contributed by atoms with Crippen LogP contribution in [0.25, 0.3) is 0 Å². The summed E-state index contributed by atoms with van der Waals surface area (Å²) in [5.41, 5.74) is 2.74. The van der Waals surface area contributed by atoms with Crippen LogP contribution in [-0.4, -0.2) is 20.2 Å². The second kappa shape index (κ2) is 9.63. The summed E-state index contributed by atoms with van der Waals surface area (Å²) in [6.07, 6.45) is 1.41. The van der Waals surface area contributed by atoms with Crippen molar-refractivity contribution in [3.05, 3.63) is 108 Å². The van der Waals surface area contributed by atoms with E-state index in [1.165, 1.54) is 6.26 Å². The highest BCUT2D eigenvalue weighted by atomic mass is 32.2. The van der Waals surface area contributed by atoms with E-state index >= 15 is 0 Å². The zero-order chi connectivity index (χ0) is 24.1. The molecular weight excluding hydrogens is 454 g/mol. The van der Waals surface area contributed by atoms with Crippen molar-refractivity contribution >= 4 is 38.9 Å². The summed E-state index contributed by atoms with van der Waals surface area (Å²) in [5.74, 6) is -0.552. The molecule has 1 aromatic heterocycles. The fraction of sp³-hybridized carbons (Fsp3) is 0.0400. The normalized spacial score (nSPS) is 11.0. The van der Waals surface area contributed by atoms with Gasteiger partial charge in [0.1, 0.15) is 0 Å². The number of benzene rings is 3. The van der Waals surface area contributed by atoms with Crippen LogP contribution in [-0.2, 0) is 10.0 Å². The maximum Gasteiger partial charge on any atom is 0.291 e. The Morgan fingerprint density at radius 3 is 1.85 bits per heavy atom. The predicted octanol–water partition coefficient (Wildman–Crippen LogP) is 4.89. The molecule has 0 radical (unpaired) electrons. The number of rotatable bonds is 7. The molecule has 4 aromatic rings. The smallest absolute Gasteiger partial charge is 0.291 e. The molecule has 2 amide bonds. The van der Waals surface area contributed by atoms with Crippen LogP contribution in [0.5, 0.6) is 0 Å². The zero-order valence-electron chi connectivity index (χ0n) is 18.1. The number of carbonyl (C=O) groups excluding carboxylic acids is 2. The summed E-state index contributed by atoms with van der Waals surface area (Å²) in [6, 6.07) is 22.4.